The molecule has 1 amide bonds. The van der Waals surface area contributed by atoms with Crippen molar-refractivity contribution in [2.45, 2.75) is 124 Å². The summed E-state index contributed by atoms with van der Waals surface area (Å²) in [5, 5.41) is 0. The monoisotopic (exact) mass is 397 g/mol. The molecular weight excluding hydrogens is 350 g/mol. The van der Waals surface area contributed by atoms with Gasteiger partial charge in [-0.2, -0.15) is 0 Å². The second kappa shape index (κ2) is 20.7. The summed E-state index contributed by atoms with van der Waals surface area (Å²) in [6.07, 6.45) is 19.2. The average Bonchev–Trinajstić information content (AvgIpc) is 2.71. The molecule has 4 heteroatoms. The van der Waals surface area contributed by atoms with Crippen LogP contribution in [0.3, 0.4) is 0 Å². The maximum Gasteiger partial charge on any atom is 0.397 e. The van der Waals surface area contributed by atoms with Gasteiger partial charge in [-0.1, -0.05) is 104 Å². The van der Waals surface area contributed by atoms with Crippen molar-refractivity contribution in [3.8, 4) is 0 Å². The van der Waals surface area contributed by atoms with Gasteiger partial charge in [-0.25, -0.2) is 4.79 Å². The number of amides is 1. The number of esters is 1. The van der Waals surface area contributed by atoms with E-state index < -0.39 is 11.9 Å². The molecule has 0 saturated heterocycles. The van der Waals surface area contributed by atoms with Crippen LogP contribution in [0.2, 0.25) is 0 Å². The fraction of sp³-hybridized carbons (Fsp3) is 0.917. The zero-order valence-corrected chi connectivity index (χ0v) is 19.1. The van der Waals surface area contributed by atoms with E-state index in [0.29, 0.717) is 19.7 Å². The Morgan fingerprint density at radius 3 is 1.39 bits per heavy atom. The van der Waals surface area contributed by atoms with Gasteiger partial charge in [-0.05, 0) is 19.3 Å². The summed E-state index contributed by atoms with van der Waals surface area (Å²) in [6, 6.07) is 0. The van der Waals surface area contributed by atoms with Crippen LogP contribution in [0, 0.1) is 0 Å². The van der Waals surface area contributed by atoms with Crippen LogP contribution in [0.5, 0.6) is 0 Å². The second-order valence-corrected chi connectivity index (χ2v) is 8.02. The van der Waals surface area contributed by atoms with Crippen LogP contribution in [0.4, 0.5) is 0 Å². The lowest BCUT2D eigenvalue weighted by molar-refractivity contribution is -0.160. The number of hydrogen-bond donors (Lipinski definition) is 0. The number of hydrogen-bond acceptors (Lipinski definition) is 3. The average molecular weight is 398 g/mol. The number of ether oxygens (including phenoxy) is 1. The van der Waals surface area contributed by atoms with Gasteiger partial charge in [0.1, 0.15) is 0 Å². The van der Waals surface area contributed by atoms with E-state index in [0.717, 1.165) is 38.5 Å². The molecule has 0 heterocycles. The molecule has 0 radical (unpaired) electrons. The van der Waals surface area contributed by atoms with E-state index in [-0.39, 0.29) is 0 Å². The summed E-state index contributed by atoms with van der Waals surface area (Å²) >= 11 is 0. The van der Waals surface area contributed by atoms with Crippen molar-refractivity contribution in [2.24, 2.45) is 0 Å². The highest BCUT2D eigenvalue weighted by Crippen LogP contribution is 2.12. The van der Waals surface area contributed by atoms with E-state index in [1.165, 1.54) is 64.2 Å². The summed E-state index contributed by atoms with van der Waals surface area (Å²) in [7, 11) is 0. The van der Waals surface area contributed by atoms with Crippen LogP contribution in [-0.2, 0) is 14.3 Å². The molecule has 0 unspecified atom stereocenters. The Morgan fingerprint density at radius 1 is 0.571 bits per heavy atom. The number of carbonyl (C=O) groups is 2. The lowest BCUT2D eigenvalue weighted by Crippen LogP contribution is -2.39. The van der Waals surface area contributed by atoms with Crippen LogP contribution in [0.25, 0.3) is 0 Å². The Balaban J connectivity index is 3.64. The van der Waals surface area contributed by atoms with Crippen molar-refractivity contribution in [1.29, 1.82) is 0 Å². The molecule has 0 rings (SSSR count). The highest BCUT2D eigenvalue weighted by molar-refractivity contribution is 6.32. The minimum absolute atomic E-state index is 0.372. The van der Waals surface area contributed by atoms with Crippen LogP contribution in [0.1, 0.15) is 124 Å². The Labute approximate surface area is 174 Å². The lowest BCUT2D eigenvalue weighted by Gasteiger charge is -2.21. The number of nitrogens with zero attached hydrogens (tertiary/aromatic N) is 1. The first-order valence-electron chi connectivity index (χ1n) is 12.1. The molecule has 0 aliphatic carbocycles. The molecule has 0 aliphatic heterocycles. The van der Waals surface area contributed by atoms with Crippen molar-refractivity contribution in [2.75, 3.05) is 19.7 Å². The van der Waals surface area contributed by atoms with E-state index in [1.807, 2.05) is 0 Å². The predicted molar refractivity (Wildman–Crippen MR) is 118 cm³/mol. The minimum atomic E-state index is -0.671. The Morgan fingerprint density at radius 2 is 0.964 bits per heavy atom. The molecule has 0 atom stereocenters. The Hall–Kier alpha value is -1.06. The van der Waals surface area contributed by atoms with Gasteiger partial charge in [0, 0.05) is 13.1 Å². The summed E-state index contributed by atoms with van der Waals surface area (Å²) < 4.78 is 5.21. The Kier molecular flexibility index (Phi) is 19.9. The molecule has 166 valence electrons. The molecule has 28 heavy (non-hydrogen) atoms. The summed E-state index contributed by atoms with van der Waals surface area (Å²) in [5.74, 6) is -1.13. The maximum absolute atomic E-state index is 12.3. The predicted octanol–water partition coefficient (Wildman–Crippen LogP) is 6.66. The first-order chi connectivity index (χ1) is 13.7. The van der Waals surface area contributed by atoms with Gasteiger partial charge >= 0.3 is 11.9 Å². The highest BCUT2D eigenvalue weighted by Gasteiger charge is 2.22. The van der Waals surface area contributed by atoms with E-state index in [9.17, 15) is 9.59 Å². The molecule has 4 nitrogen and oxygen atoms in total. The van der Waals surface area contributed by atoms with Crippen LogP contribution in [0.15, 0.2) is 0 Å². The fourth-order valence-electron chi connectivity index (χ4n) is 3.31. The van der Waals surface area contributed by atoms with Crippen molar-refractivity contribution in [3.05, 3.63) is 0 Å². The first-order valence-corrected chi connectivity index (χ1v) is 12.1. The molecule has 0 aromatic heterocycles. The van der Waals surface area contributed by atoms with Gasteiger partial charge in [-0.15, -0.1) is 0 Å². The van der Waals surface area contributed by atoms with Gasteiger partial charge in [0.05, 0.1) is 6.61 Å². The van der Waals surface area contributed by atoms with Gasteiger partial charge in [0.2, 0.25) is 0 Å². The third-order valence-electron chi connectivity index (χ3n) is 5.26. The smallest absolute Gasteiger partial charge is 0.397 e. The third-order valence-corrected chi connectivity index (χ3v) is 5.26. The number of rotatable bonds is 19. The summed E-state index contributed by atoms with van der Waals surface area (Å²) in [6.45, 7) is 8.13. The van der Waals surface area contributed by atoms with Gasteiger partial charge < -0.3 is 9.64 Å². The molecule has 0 bridgehead atoms. The standard InChI is InChI=1S/C24H47NO3/c1-4-7-10-11-12-13-14-15-16-17-18-19-22-28-24(27)23(26)25(20-8-5-2)21-9-6-3/h4-22H2,1-3H3. The molecule has 0 N–H and O–H groups in total. The quantitative estimate of drug-likeness (QED) is 0.139. The van der Waals surface area contributed by atoms with Crippen LogP contribution in [-0.4, -0.2) is 36.5 Å². The van der Waals surface area contributed by atoms with Gasteiger partial charge in [0.15, 0.2) is 0 Å². The van der Waals surface area contributed by atoms with E-state index >= 15 is 0 Å². The summed E-state index contributed by atoms with van der Waals surface area (Å²) in [5.41, 5.74) is 0. The number of carbonyl (C=O) groups excluding carboxylic acids is 2. The minimum Gasteiger partial charge on any atom is -0.459 e. The largest absolute Gasteiger partial charge is 0.459 e. The van der Waals surface area contributed by atoms with Crippen molar-refractivity contribution >= 4 is 11.9 Å². The van der Waals surface area contributed by atoms with Crippen LogP contribution < -0.4 is 0 Å². The molecule has 0 saturated carbocycles. The van der Waals surface area contributed by atoms with E-state index in [2.05, 4.69) is 20.8 Å². The normalized spacial score (nSPS) is 10.8. The molecule has 0 aromatic carbocycles. The fourth-order valence-corrected chi connectivity index (χ4v) is 3.31. The van der Waals surface area contributed by atoms with Gasteiger partial charge in [0.25, 0.3) is 0 Å². The number of unbranched alkanes of at least 4 members (excludes halogenated alkanes) is 13. The summed E-state index contributed by atoms with van der Waals surface area (Å²) in [4.78, 5) is 25.9. The van der Waals surface area contributed by atoms with Crippen molar-refractivity contribution < 1.29 is 14.3 Å². The van der Waals surface area contributed by atoms with Crippen molar-refractivity contribution in [3.63, 3.8) is 0 Å². The molecule has 0 aromatic rings. The van der Waals surface area contributed by atoms with E-state index in [1.54, 1.807) is 4.90 Å². The first kappa shape index (κ1) is 26.9. The molecule has 0 fully saturated rings. The van der Waals surface area contributed by atoms with Gasteiger partial charge in [-0.3, -0.25) is 4.79 Å². The van der Waals surface area contributed by atoms with Crippen molar-refractivity contribution in [1.82, 2.24) is 4.90 Å². The van der Waals surface area contributed by atoms with Crippen LogP contribution >= 0.6 is 0 Å². The maximum atomic E-state index is 12.3. The Bertz CT molecular complexity index is 363. The zero-order valence-electron chi connectivity index (χ0n) is 19.1. The molecule has 0 spiro atoms. The lowest BCUT2D eigenvalue weighted by atomic mass is 10.1. The highest BCUT2D eigenvalue weighted by atomic mass is 16.5. The van der Waals surface area contributed by atoms with E-state index in [4.69, 9.17) is 4.74 Å². The second-order valence-electron chi connectivity index (χ2n) is 8.02. The topological polar surface area (TPSA) is 46.6 Å². The molecular formula is C24H47NO3. The zero-order chi connectivity index (χ0) is 20.9. The molecule has 0 aliphatic rings. The SMILES string of the molecule is CCCCCCCCCCCCCCOC(=O)C(=O)N(CCCC)CCCC. The third kappa shape index (κ3) is 15.9.